The molecule has 0 bridgehead atoms. The fourth-order valence-corrected chi connectivity index (χ4v) is 8.85. The van der Waals surface area contributed by atoms with Gasteiger partial charge in [0.05, 0.1) is 0 Å². The van der Waals surface area contributed by atoms with Gasteiger partial charge in [-0.25, -0.2) is 15.0 Å². The lowest BCUT2D eigenvalue weighted by molar-refractivity contribution is 0.660. The summed E-state index contributed by atoms with van der Waals surface area (Å²) in [5, 5.41) is 2.14. The SMILES string of the molecule is CC1(C)c2ccccc2-c2c(-c3cccc(-c4nc(-c5ccccc5)nc(-c5ccc6c(c5)oc5cccc(-c7ccc(-c8ccccc8)cc7)c56)n4)c3)cccc21. The van der Waals surface area contributed by atoms with E-state index in [0.29, 0.717) is 17.5 Å². The van der Waals surface area contributed by atoms with Crippen LogP contribution in [0, 0.1) is 0 Å². The number of nitrogens with zero attached hydrogens (tertiary/aromatic N) is 3. The summed E-state index contributed by atoms with van der Waals surface area (Å²) in [4.78, 5) is 15.3. The van der Waals surface area contributed by atoms with Crippen LogP contribution >= 0.6 is 0 Å². The Kier molecular flexibility index (Phi) is 7.80. The van der Waals surface area contributed by atoms with Crippen LogP contribution < -0.4 is 0 Å². The first kappa shape index (κ1) is 33.9. The van der Waals surface area contributed by atoms with Gasteiger partial charge in [-0.1, -0.05) is 178 Å². The first-order valence-electron chi connectivity index (χ1n) is 19.8. The molecule has 2 aromatic heterocycles. The van der Waals surface area contributed by atoms with Crippen molar-refractivity contribution >= 4 is 21.9 Å². The molecule has 0 atom stereocenters. The molecule has 4 heteroatoms. The molecular formula is C54H37N3O. The van der Waals surface area contributed by atoms with Gasteiger partial charge in [0.15, 0.2) is 17.5 Å². The monoisotopic (exact) mass is 743 g/mol. The van der Waals surface area contributed by atoms with Gasteiger partial charge >= 0.3 is 0 Å². The van der Waals surface area contributed by atoms with Crippen LogP contribution in [0.3, 0.4) is 0 Å². The van der Waals surface area contributed by atoms with E-state index in [0.717, 1.165) is 55.3 Å². The fourth-order valence-electron chi connectivity index (χ4n) is 8.85. The highest BCUT2D eigenvalue weighted by Gasteiger charge is 2.36. The molecule has 1 aliphatic rings. The van der Waals surface area contributed by atoms with Crippen LogP contribution in [0.4, 0.5) is 0 Å². The van der Waals surface area contributed by atoms with Gasteiger partial charge in [0.25, 0.3) is 0 Å². The van der Waals surface area contributed by atoms with E-state index >= 15 is 0 Å². The summed E-state index contributed by atoms with van der Waals surface area (Å²) in [6.07, 6.45) is 0. The Labute approximate surface area is 337 Å². The molecular weight excluding hydrogens is 707 g/mol. The van der Waals surface area contributed by atoms with E-state index in [9.17, 15) is 0 Å². The van der Waals surface area contributed by atoms with Gasteiger partial charge in [-0.15, -0.1) is 0 Å². The lowest BCUT2D eigenvalue weighted by atomic mass is 9.82. The summed E-state index contributed by atoms with van der Waals surface area (Å²) in [6, 6.07) is 66.0. The second kappa shape index (κ2) is 13.4. The average molecular weight is 744 g/mol. The molecule has 0 saturated carbocycles. The summed E-state index contributed by atoms with van der Waals surface area (Å²) >= 11 is 0. The Bertz CT molecular complexity index is 3180. The largest absolute Gasteiger partial charge is 0.456 e. The zero-order valence-electron chi connectivity index (χ0n) is 32.1. The van der Waals surface area contributed by atoms with Crippen molar-refractivity contribution in [2.24, 2.45) is 0 Å². The summed E-state index contributed by atoms with van der Waals surface area (Å²) < 4.78 is 6.57. The maximum Gasteiger partial charge on any atom is 0.164 e. The molecule has 10 aromatic rings. The summed E-state index contributed by atoms with van der Waals surface area (Å²) in [6.45, 7) is 4.64. The molecule has 0 amide bonds. The topological polar surface area (TPSA) is 51.8 Å². The van der Waals surface area contributed by atoms with Gasteiger partial charge in [0.1, 0.15) is 11.2 Å². The summed E-state index contributed by atoms with van der Waals surface area (Å²) in [5.41, 5.74) is 16.6. The van der Waals surface area contributed by atoms with Gasteiger partial charge in [-0.05, 0) is 79.9 Å². The highest BCUT2D eigenvalue weighted by Crippen LogP contribution is 2.52. The van der Waals surface area contributed by atoms with Gasteiger partial charge < -0.3 is 4.42 Å². The quantitative estimate of drug-likeness (QED) is 0.170. The Hall–Kier alpha value is -7.43. The molecule has 2 heterocycles. The molecule has 0 saturated heterocycles. The van der Waals surface area contributed by atoms with Gasteiger partial charge in [0, 0.05) is 32.9 Å². The van der Waals surface area contributed by atoms with Crippen molar-refractivity contribution in [3.63, 3.8) is 0 Å². The zero-order chi connectivity index (χ0) is 38.8. The normalized spacial score (nSPS) is 12.8. The minimum Gasteiger partial charge on any atom is -0.456 e. The molecule has 11 rings (SSSR count). The third-order valence-electron chi connectivity index (χ3n) is 11.8. The molecule has 0 aliphatic heterocycles. The molecule has 1 aliphatic carbocycles. The third-order valence-corrected chi connectivity index (χ3v) is 11.8. The summed E-state index contributed by atoms with van der Waals surface area (Å²) in [5.74, 6) is 1.82. The fraction of sp³-hybridized carbons (Fsp3) is 0.0556. The van der Waals surface area contributed by atoms with E-state index < -0.39 is 0 Å². The van der Waals surface area contributed by atoms with Crippen LogP contribution in [-0.2, 0) is 5.41 Å². The Morgan fingerprint density at radius 3 is 1.66 bits per heavy atom. The number of rotatable bonds is 6. The first-order valence-corrected chi connectivity index (χ1v) is 19.8. The van der Waals surface area contributed by atoms with Crippen molar-refractivity contribution in [2.45, 2.75) is 19.3 Å². The van der Waals surface area contributed by atoms with Crippen molar-refractivity contribution in [1.82, 2.24) is 15.0 Å². The van der Waals surface area contributed by atoms with Crippen LogP contribution in [0.1, 0.15) is 25.0 Å². The maximum atomic E-state index is 6.57. The predicted molar refractivity (Wildman–Crippen MR) is 237 cm³/mol. The number of furan rings is 1. The van der Waals surface area contributed by atoms with Crippen LogP contribution in [0.2, 0.25) is 0 Å². The second-order valence-corrected chi connectivity index (χ2v) is 15.6. The van der Waals surface area contributed by atoms with Crippen molar-refractivity contribution < 1.29 is 4.42 Å². The predicted octanol–water partition coefficient (Wildman–Crippen LogP) is 14.1. The smallest absolute Gasteiger partial charge is 0.164 e. The average Bonchev–Trinajstić information content (AvgIpc) is 3.78. The third kappa shape index (κ3) is 5.56. The van der Waals surface area contributed by atoms with Gasteiger partial charge in [-0.3, -0.25) is 0 Å². The highest BCUT2D eigenvalue weighted by atomic mass is 16.3. The molecule has 0 radical (unpaired) electrons. The van der Waals surface area contributed by atoms with Crippen molar-refractivity contribution in [1.29, 1.82) is 0 Å². The van der Waals surface area contributed by atoms with Gasteiger partial charge in [-0.2, -0.15) is 0 Å². The van der Waals surface area contributed by atoms with Crippen LogP contribution in [0.25, 0.3) is 101 Å². The minimum atomic E-state index is -0.0795. The number of aromatic nitrogens is 3. The Balaban J connectivity index is 1.01. The molecule has 0 spiro atoms. The number of benzene rings is 8. The van der Waals surface area contributed by atoms with Crippen molar-refractivity contribution in [2.75, 3.05) is 0 Å². The molecule has 4 nitrogen and oxygen atoms in total. The van der Waals surface area contributed by atoms with E-state index in [4.69, 9.17) is 19.4 Å². The van der Waals surface area contributed by atoms with E-state index in [-0.39, 0.29) is 5.41 Å². The molecule has 0 unspecified atom stereocenters. The zero-order valence-corrected chi connectivity index (χ0v) is 32.1. The lowest BCUT2D eigenvalue weighted by Crippen LogP contribution is -2.14. The standard InChI is InChI=1S/C54H37N3O/c1-54(2)45-23-10-9-20-43(45)49-42(21-12-24-46(49)54)38-18-11-19-39(32-38)52-55-51(37-16-7-4-8-17-37)56-53(57-52)40-30-31-44-48(33-40)58-47-25-13-22-41(50(44)47)36-28-26-35(27-29-36)34-14-5-3-6-15-34/h3-33H,1-2H3. The van der Waals surface area contributed by atoms with E-state index in [2.05, 4.69) is 159 Å². The van der Waals surface area contributed by atoms with Gasteiger partial charge in [0.2, 0.25) is 0 Å². The number of hydrogen-bond donors (Lipinski definition) is 0. The first-order chi connectivity index (χ1) is 28.5. The van der Waals surface area contributed by atoms with Crippen LogP contribution in [-0.4, -0.2) is 15.0 Å². The highest BCUT2D eigenvalue weighted by molar-refractivity contribution is 6.13. The van der Waals surface area contributed by atoms with E-state index in [1.165, 1.54) is 38.9 Å². The lowest BCUT2D eigenvalue weighted by Gasteiger charge is -2.21. The summed E-state index contributed by atoms with van der Waals surface area (Å²) in [7, 11) is 0. The van der Waals surface area contributed by atoms with Crippen LogP contribution in [0.5, 0.6) is 0 Å². The molecule has 0 fully saturated rings. The minimum absolute atomic E-state index is 0.0795. The molecule has 0 N–H and O–H groups in total. The van der Waals surface area contributed by atoms with Crippen LogP contribution in [0.15, 0.2) is 192 Å². The molecule has 274 valence electrons. The van der Waals surface area contributed by atoms with Crippen molar-refractivity contribution in [3.8, 4) is 78.7 Å². The maximum absolute atomic E-state index is 6.57. The molecule has 8 aromatic carbocycles. The Morgan fingerprint density at radius 2 is 0.879 bits per heavy atom. The van der Waals surface area contributed by atoms with E-state index in [1.54, 1.807) is 0 Å². The number of hydrogen-bond acceptors (Lipinski definition) is 4. The van der Waals surface area contributed by atoms with E-state index in [1.807, 2.05) is 42.5 Å². The molecule has 58 heavy (non-hydrogen) atoms. The second-order valence-electron chi connectivity index (χ2n) is 15.6. The van der Waals surface area contributed by atoms with Crippen molar-refractivity contribution in [3.05, 3.63) is 199 Å². The Morgan fingerprint density at radius 1 is 0.362 bits per heavy atom. The number of fused-ring (bicyclic) bond motifs is 6.